The van der Waals surface area contributed by atoms with Crippen molar-refractivity contribution < 1.29 is 19.0 Å². The third-order valence-corrected chi connectivity index (χ3v) is 3.57. The fourth-order valence-corrected chi connectivity index (χ4v) is 2.24. The van der Waals surface area contributed by atoms with Crippen molar-refractivity contribution in [2.75, 3.05) is 20.8 Å². The molecule has 0 saturated heterocycles. The lowest BCUT2D eigenvalue weighted by atomic mass is 10.1. The number of esters is 1. The fourth-order valence-electron chi connectivity index (χ4n) is 2.24. The highest BCUT2D eigenvalue weighted by Crippen LogP contribution is 2.25. The first-order valence-corrected chi connectivity index (χ1v) is 7.91. The van der Waals surface area contributed by atoms with E-state index in [1.807, 2.05) is 30.5 Å². The summed E-state index contributed by atoms with van der Waals surface area (Å²) in [6, 6.07) is 10.7. The smallest absolute Gasteiger partial charge is 0.339 e. The predicted octanol–water partition coefficient (Wildman–Crippen LogP) is 2.57. The van der Waals surface area contributed by atoms with Crippen LogP contribution in [0.25, 0.3) is 11.3 Å². The number of ether oxygens (including phenoxy) is 3. The Morgan fingerprint density at radius 2 is 2.08 bits per heavy atom. The maximum absolute atomic E-state index is 11.4. The lowest BCUT2D eigenvalue weighted by molar-refractivity contribution is 0.0600. The summed E-state index contributed by atoms with van der Waals surface area (Å²) in [5.74, 6) is 0.536. The largest absolute Gasteiger partial charge is 0.465 e. The second-order valence-corrected chi connectivity index (χ2v) is 5.37. The van der Waals surface area contributed by atoms with Crippen LogP contribution in [0.1, 0.15) is 10.4 Å². The lowest BCUT2D eigenvalue weighted by Crippen LogP contribution is -2.04. The number of carbonyl (C=O) groups excluding carboxylic acids is 1. The first kappa shape index (κ1) is 17.6. The third kappa shape index (κ3) is 4.22. The predicted molar refractivity (Wildman–Crippen MR) is 93.0 cm³/mol. The minimum Gasteiger partial charge on any atom is -0.465 e. The molecule has 2 aromatic heterocycles. The van der Waals surface area contributed by atoms with Gasteiger partial charge in [-0.25, -0.2) is 14.5 Å². The molecule has 0 radical (unpaired) electrons. The van der Waals surface area contributed by atoms with Crippen molar-refractivity contribution in [1.82, 2.24) is 20.0 Å². The van der Waals surface area contributed by atoms with Crippen molar-refractivity contribution in [2.45, 2.75) is 6.54 Å². The van der Waals surface area contributed by atoms with Gasteiger partial charge in [0.2, 0.25) is 5.88 Å². The van der Waals surface area contributed by atoms with Crippen LogP contribution in [0.3, 0.4) is 0 Å². The van der Waals surface area contributed by atoms with Gasteiger partial charge in [-0.2, -0.15) is 0 Å². The Labute approximate surface area is 150 Å². The average molecular weight is 354 g/mol. The Morgan fingerprint density at radius 1 is 1.19 bits per heavy atom. The van der Waals surface area contributed by atoms with E-state index in [4.69, 9.17) is 9.47 Å². The van der Waals surface area contributed by atoms with Gasteiger partial charge >= 0.3 is 5.97 Å². The molecule has 3 rings (SSSR count). The quantitative estimate of drug-likeness (QED) is 0.603. The summed E-state index contributed by atoms with van der Waals surface area (Å²) < 4.78 is 17.1. The molecule has 0 saturated carbocycles. The van der Waals surface area contributed by atoms with Crippen molar-refractivity contribution >= 4 is 5.97 Å². The Balaban J connectivity index is 1.73. The molecule has 8 heteroatoms. The van der Waals surface area contributed by atoms with Gasteiger partial charge in [0.05, 0.1) is 32.0 Å². The molecule has 0 unspecified atom stereocenters. The molecule has 0 aliphatic carbocycles. The van der Waals surface area contributed by atoms with E-state index < -0.39 is 5.97 Å². The summed E-state index contributed by atoms with van der Waals surface area (Å²) in [4.78, 5) is 15.5. The van der Waals surface area contributed by atoms with Crippen LogP contribution >= 0.6 is 0 Å². The van der Waals surface area contributed by atoms with Crippen LogP contribution in [-0.2, 0) is 16.0 Å². The molecule has 0 fully saturated rings. The average Bonchev–Trinajstić information content (AvgIpc) is 3.15. The van der Waals surface area contributed by atoms with Gasteiger partial charge in [0.25, 0.3) is 0 Å². The summed E-state index contributed by atoms with van der Waals surface area (Å²) in [7, 11) is 2.97. The number of carbonyl (C=O) groups is 1. The first-order chi connectivity index (χ1) is 12.7. The molecule has 134 valence electrons. The van der Waals surface area contributed by atoms with Crippen molar-refractivity contribution in [2.24, 2.45) is 0 Å². The van der Waals surface area contributed by atoms with E-state index in [-0.39, 0.29) is 0 Å². The number of pyridine rings is 1. The van der Waals surface area contributed by atoms with Crippen LogP contribution < -0.4 is 4.74 Å². The Kier molecular flexibility index (Phi) is 5.55. The molecule has 1 aromatic carbocycles. The van der Waals surface area contributed by atoms with Gasteiger partial charge in [-0.3, -0.25) is 0 Å². The second kappa shape index (κ2) is 8.21. The summed E-state index contributed by atoms with van der Waals surface area (Å²) in [5.41, 5.74) is 1.97. The Bertz CT molecular complexity index is 877. The maximum Gasteiger partial charge on any atom is 0.339 e. The summed E-state index contributed by atoms with van der Waals surface area (Å²) in [6.45, 7) is 1.20. The van der Waals surface area contributed by atoms with Gasteiger partial charge in [0.1, 0.15) is 11.4 Å². The van der Waals surface area contributed by atoms with Crippen LogP contribution in [0.2, 0.25) is 0 Å². The van der Waals surface area contributed by atoms with Crippen LogP contribution in [-0.4, -0.2) is 46.8 Å². The maximum atomic E-state index is 11.4. The molecule has 0 bridgehead atoms. The molecule has 2 heterocycles. The highest BCUT2D eigenvalue weighted by atomic mass is 16.5. The minimum absolute atomic E-state index is 0.362. The van der Waals surface area contributed by atoms with Crippen molar-refractivity contribution in [3.8, 4) is 22.9 Å². The Morgan fingerprint density at radius 3 is 2.81 bits per heavy atom. The molecule has 3 aromatic rings. The number of hydrogen-bond donors (Lipinski definition) is 0. The molecule has 0 spiro atoms. The molecular formula is C18H18N4O4. The minimum atomic E-state index is -0.442. The Hall–Kier alpha value is -3.26. The van der Waals surface area contributed by atoms with Gasteiger partial charge in [-0.15, -0.1) is 5.10 Å². The van der Waals surface area contributed by atoms with E-state index in [1.54, 1.807) is 23.9 Å². The zero-order valence-electron chi connectivity index (χ0n) is 14.5. The second-order valence-electron chi connectivity index (χ2n) is 5.37. The van der Waals surface area contributed by atoms with Gasteiger partial charge in [-0.05, 0) is 18.2 Å². The van der Waals surface area contributed by atoms with Crippen molar-refractivity contribution in [3.05, 3.63) is 54.4 Å². The van der Waals surface area contributed by atoms with E-state index in [1.165, 1.54) is 13.3 Å². The van der Waals surface area contributed by atoms with E-state index in [0.717, 1.165) is 11.3 Å². The molecule has 0 atom stereocenters. The fraction of sp³-hybridized carbons (Fsp3) is 0.222. The molecule has 0 aliphatic heterocycles. The molecular weight excluding hydrogens is 336 g/mol. The van der Waals surface area contributed by atoms with E-state index >= 15 is 0 Å². The molecule has 0 amide bonds. The van der Waals surface area contributed by atoms with Gasteiger partial charge in [-0.1, -0.05) is 17.3 Å². The monoisotopic (exact) mass is 354 g/mol. The number of aromatic nitrogens is 4. The van der Waals surface area contributed by atoms with Crippen LogP contribution in [0.15, 0.2) is 48.8 Å². The molecule has 0 aliphatic rings. The van der Waals surface area contributed by atoms with Crippen LogP contribution in [0.4, 0.5) is 0 Å². The highest BCUT2D eigenvalue weighted by Gasteiger charge is 2.08. The number of methoxy groups -OCH3 is 2. The molecule has 0 N–H and O–H groups in total. The number of hydrogen-bond acceptors (Lipinski definition) is 7. The third-order valence-electron chi connectivity index (χ3n) is 3.57. The van der Waals surface area contributed by atoms with Gasteiger partial charge in [0.15, 0.2) is 0 Å². The van der Waals surface area contributed by atoms with E-state index in [2.05, 4.69) is 20.0 Å². The van der Waals surface area contributed by atoms with Crippen molar-refractivity contribution in [1.29, 1.82) is 0 Å². The standard InChI is InChI=1S/C18H18N4O4/c1-24-9-8-22-12-16(20-21-22)13-4-3-5-15(10-13)26-17-7-6-14(11-19-17)18(23)25-2/h3-7,10-12H,8-9H2,1-2H3. The molecule has 8 nitrogen and oxygen atoms in total. The highest BCUT2D eigenvalue weighted by molar-refractivity contribution is 5.88. The number of nitrogens with zero attached hydrogens (tertiary/aromatic N) is 4. The van der Waals surface area contributed by atoms with Crippen LogP contribution in [0, 0.1) is 0 Å². The van der Waals surface area contributed by atoms with E-state index in [9.17, 15) is 4.79 Å². The molecule has 26 heavy (non-hydrogen) atoms. The zero-order valence-corrected chi connectivity index (χ0v) is 14.5. The summed E-state index contributed by atoms with van der Waals surface area (Å²) in [6.07, 6.45) is 3.26. The van der Waals surface area contributed by atoms with Crippen molar-refractivity contribution in [3.63, 3.8) is 0 Å². The van der Waals surface area contributed by atoms with Gasteiger partial charge in [0, 0.05) is 24.9 Å². The van der Waals surface area contributed by atoms with E-state index in [0.29, 0.717) is 30.3 Å². The summed E-state index contributed by atoms with van der Waals surface area (Å²) >= 11 is 0. The zero-order chi connectivity index (χ0) is 18.4. The normalized spacial score (nSPS) is 10.5. The summed E-state index contributed by atoms with van der Waals surface area (Å²) in [5, 5.41) is 8.23. The number of benzene rings is 1. The topological polar surface area (TPSA) is 88.4 Å². The van der Waals surface area contributed by atoms with Crippen LogP contribution in [0.5, 0.6) is 11.6 Å². The van der Waals surface area contributed by atoms with Gasteiger partial charge < -0.3 is 14.2 Å². The lowest BCUT2D eigenvalue weighted by Gasteiger charge is -2.06. The SMILES string of the molecule is COCCn1cc(-c2cccc(Oc3ccc(C(=O)OC)cn3)c2)nn1. The number of rotatable bonds is 7. The first-order valence-electron chi connectivity index (χ1n) is 7.91.